The van der Waals surface area contributed by atoms with E-state index in [4.69, 9.17) is 4.74 Å². The van der Waals surface area contributed by atoms with Crippen LogP contribution in [0.25, 0.3) is 0 Å². The number of sulfonamides is 1. The zero-order valence-electron chi connectivity index (χ0n) is 12.4. The molecular weight excluding hydrogens is 322 g/mol. The molecule has 0 aromatic heterocycles. The lowest BCUT2D eigenvalue weighted by molar-refractivity contribution is -0.384. The van der Waals surface area contributed by atoms with Crippen LogP contribution in [-0.4, -0.2) is 55.7 Å². The zero-order chi connectivity index (χ0) is 16.6. The van der Waals surface area contributed by atoms with Crippen molar-refractivity contribution in [1.82, 2.24) is 4.31 Å². The fraction of sp³-hybridized carbons (Fsp3) is 0.429. The molecule has 1 aromatic carbocycles. The van der Waals surface area contributed by atoms with E-state index in [1.54, 1.807) is 6.07 Å². The summed E-state index contributed by atoms with van der Waals surface area (Å²) in [5.41, 5.74) is 0.752. The lowest BCUT2D eigenvalue weighted by atomic mass is 10.1. The summed E-state index contributed by atoms with van der Waals surface area (Å²) < 4.78 is 31.4. The molecule has 0 bridgehead atoms. The summed E-state index contributed by atoms with van der Waals surface area (Å²) in [6.45, 7) is 5.02. The van der Waals surface area contributed by atoms with Crippen LogP contribution in [0.3, 0.4) is 0 Å². The first-order valence-corrected chi connectivity index (χ1v) is 8.80. The summed E-state index contributed by atoms with van der Waals surface area (Å²) in [7, 11) is -3.34. The summed E-state index contributed by atoms with van der Waals surface area (Å²) in [4.78, 5) is 12.4. The highest BCUT2D eigenvalue weighted by molar-refractivity contribution is 7.89. The molecule has 23 heavy (non-hydrogen) atoms. The molecule has 2 heterocycles. The maximum absolute atomic E-state index is 12.1. The van der Waals surface area contributed by atoms with Crippen molar-refractivity contribution >= 4 is 21.4 Å². The molecule has 0 spiro atoms. The van der Waals surface area contributed by atoms with Crippen molar-refractivity contribution in [3.8, 4) is 5.75 Å². The van der Waals surface area contributed by atoms with Gasteiger partial charge in [-0.15, -0.1) is 6.58 Å². The Balaban J connectivity index is 1.82. The minimum atomic E-state index is -3.34. The van der Waals surface area contributed by atoms with Gasteiger partial charge in [-0.3, -0.25) is 10.1 Å². The van der Waals surface area contributed by atoms with E-state index in [0.29, 0.717) is 32.0 Å². The summed E-state index contributed by atoms with van der Waals surface area (Å²) in [6, 6.07) is 4.41. The maximum Gasteiger partial charge on any atom is 0.273 e. The van der Waals surface area contributed by atoms with Gasteiger partial charge in [-0.25, -0.2) is 8.42 Å². The van der Waals surface area contributed by atoms with Gasteiger partial charge in [-0.1, -0.05) is 6.08 Å². The Morgan fingerprint density at radius 1 is 1.43 bits per heavy atom. The monoisotopic (exact) mass is 339 g/mol. The Bertz CT molecular complexity index is 749. The van der Waals surface area contributed by atoms with Crippen molar-refractivity contribution in [3.63, 3.8) is 0 Å². The summed E-state index contributed by atoms with van der Waals surface area (Å²) >= 11 is 0. The minimum Gasteiger partial charge on any atom is -0.489 e. The van der Waals surface area contributed by atoms with Gasteiger partial charge in [0.15, 0.2) is 0 Å². The molecule has 2 aliphatic rings. The molecule has 1 saturated heterocycles. The molecule has 0 aliphatic carbocycles. The number of benzene rings is 1. The van der Waals surface area contributed by atoms with Crippen LogP contribution in [0.4, 0.5) is 11.4 Å². The summed E-state index contributed by atoms with van der Waals surface area (Å²) in [6.07, 6.45) is 1.38. The number of hydrogen-bond donors (Lipinski definition) is 0. The Morgan fingerprint density at radius 2 is 2.22 bits per heavy atom. The van der Waals surface area contributed by atoms with Crippen LogP contribution < -0.4 is 9.64 Å². The largest absolute Gasteiger partial charge is 0.489 e. The number of non-ortho nitro benzene ring substituents is 1. The Kier molecular flexibility index (Phi) is 3.99. The molecule has 2 aliphatic heterocycles. The highest BCUT2D eigenvalue weighted by Gasteiger charge is 2.37. The van der Waals surface area contributed by atoms with E-state index in [-0.39, 0.29) is 17.5 Å². The lowest BCUT2D eigenvalue weighted by Gasteiger charge is -2.44. The van der Waals surface area contributed by atoms with Gasteiger partial charge in [0.25, 0.3) is 5.69 Å². The predicted octanol–water partition coefficient (Wildman–Crippen LogP) is 0.994. The highest BCUT2D eigenvalue weighted by Crippen LogP contribution is 2.38. The molecular formula is C14H17N3O5S. The standard InChI is InChI=1S/C14H17N3O5S/c1-2-7-23(20,21)15-5-6-16-12(9-15)10-22-14-8-11(17(18)19)3-4-13(14)16/h2-4,8,12H,1,5-7,9-10H2/t12-/m0/s1. The highest BCUT2D eigenvalue weighted by atomic mass is 32.2. The van der Waals surface area contributed by atoms with Crippen LogP contribution in [0.2, 0.25) is 0 Å². The first-order chi connectivity index (χ1) is 10.9. The molecule has 0 N–H and O–H groups in total. The van der Waals surface area contributed by atoms with E-state index in [9.17, 15) is 18.5 Å². The number of fused-ring (bicyclic) bond motifs is 3. The van der Waals surface area contributed by atoms with Crippen molar-refractivity contribution in [1.29, 1.82) is 0 Å². The van der Waals surface area contributed by atoms with E-state index in [1.807, 2.05) is 0 Å². The van der Waals surface area contributed by atoms with Crippen molar-refractivity contribution in [2.75, 3.05) is 36.9 Å². The van der Waals surface area contributed by atoms with Gasteiger partial charge in [-0.05, 0) is 6.07 Å². The van der Waals surface area contributed by atoms with Crippen molar-refractivity contribution in [2.24, 2.45) is 0 Å². The predicted molar refractivity (Wildman–Crippen MR) is 85.3 cm³/mol. The number of rotatable bonds is 4. The third-order valence-corrected chi connectivity index (χ3v) is 5.84. The summed E-state index contributed by atoms with van der Waals surface area (Å²) in [5, 5.41) is 10.8. The van der Waals surface area contributed by atoms with Gasteiger partial charge in [-0.2, -0.15) is 4.31 Å². The van der Waals surface area contributed by atoms with E-state index >= 15 is 0 Å². The van der Waals surface area contributed by atoms with Crippen LogP contribution in [0.5, 0.6) is 5.75 Å². The van der Waals surface area contributed by atoms with Crippen LogP contribution in [0.1, 0.15) is 0 Å². The molecule has 8 nitrogen and oxygen atoms in total. The molecule has 9 heteroatoms. The van der Waals surface area contributed by atoms with Gasteiger partial charge >= 0.3 is 0 Å². The number of nitro benzene ring substituents is 1. The molecule has 1 atom stereocenters. The Morgan fingerprint density at radius 3 is 2.91 bits per heavy atom. The topological polar surface area (TPSA) is 93.0 Å². The fourth-order valence-corrected chi connectivity index (χ4v) is 4.22. The van der Waals surface area contributed by atoms with Crippen molar-refractivity contribution in [2.45, 2.75) is 6.04 Å². The van der Waals surface area contributed by atoms with Crippen LogP contribution in [0.15, 0.2) is 30.9 Å². The molecule has 1 aromatic rings. The number of hydrogen-bond acceptors (Lipinski definition) is 6. The van der Waals surface area contributed by atoms with Crippen LogP contribution in [-0.2, 0) is 10.0 Å². The molecule has 0 saturated carbocycles. The first-order valence-electron chi connectivity index (χ1n) is 7.19. The Labute approximate surface area is 134 Å². The molecule has 0 radical (unpaired) electrons. The second-order valence-electron chi connectivity index (χ2n) is 5.49. The minimum absolute atomic E-state index is 0.0191. The molecule has 0 unspecified atom stereocenters. The molecule has 1 fully saturated rings. The average molecular weight is 339 g/mol. The maximum atomic E-state index is 12.1. The van der Waals surface area contributed by atoms with E-state index < -0.39 is 14.9 Å². The SMILES string of the molecule is C=CCS(=O)(=O)N1CCN2c3ccc([N+](=O)[O-])cc3OC[C@@H]2C1. The number of nitro groups is 1. The average Bonchev–Trinajstić information content (AvgIpc) is 2.53. The van der Waals surface area contributed by atoms with Gasteiger partial charge in [0, 0.05) is 25.7 Å². The molecule has 124 valence electrons. The van der Waals surface area contributed by atoms with E-state index in [1.165, 1.54) is 22.5 Å². The normalized spacial score (nSPS) is 21.0. The number of nitrogens with zero attached hydrogens (tertiary/aromatic N) is 3. The van der Waals surface area contributed by atoms with Crippen LogP contribution >= 0.6 is 0 Å². The van der Waals surface area contributed by atoms with Gasteiger partial charge in [0.1, 0.15) is 12.4 Å². The van der Waals surface area contributed by atoms with Gasteiger partial charge < -0.3 is 9.64 Å². The second kappa shape index (κ2) is 5.82. The first kappa shape index (κ1) is 15.8. The summed E-state index contributed by atoms with van der Waals surface area (Å²) in [5.74, 6) is 0.390. The molecule has 3 rings (SSSR count). The molecule has 0 amide bonds. The number of anilines is 1. The van der Waals surface area contributed by atoms with E-state index in [0.717, 1.165) is 5.69 Å². The number of ether oxygens (including phenoxy) is 1. The van der Waals surface area contributed by atoms with Crippen molar-refractivity contribution in [3.05, 3.63) is 41.0 Å². The third-order valence-electron chi connectivity index (χ3n) is 4.06. The number of piperazine rings is 1. The van der Waals surface area contributed by atoms with Crippen molar-refractivity contribution < 1.29 is 18.1 Å². The Hall–Kier alpha value is -2.13. The van der Waals surface area contributed by atoms with Crippen LogP contribution in [0, 0.1) is 10.1 Å². The quantitative estimate of drug-likeness (QED) is 0.461. The second-order valence-corrected chi connectivity index (χ2v) is 7.51. The third kappa shape index (κ3) is 2.89. The van der Waals surface area contributed by atoms with Gasteiger partial charge in [0.2, 0.25) is 10.0 Å². The fourth-order valence-electron chi connectivity index (χ4n) is 2.95. The zero-order valence-corrected chi connectivity index (χ0v) is 13.2. The lowest BCUT2D eigenvalue weighted by Crippen LogP contribution is -2.58. The van der Waals surface area contributed by atoms with Gasteiger partial charge in [0.05, 0.1) is 28.5 Å². The van der Waals surface area contributed by atoms with E-state index in [2.05, 4.69) is 11.5 Å². The smallest absolute Gasteiger partial charge is 0.273 e.